The number of furan rings is 1. The van der Waals surface area contributed by atoms with E-state index in [-0.39, 0.29) is 18.9 Å². The number of para-hydroxylation sites is 1. The van der Waals surface area contributed by atoms with E-state index in [9.17, 15) is 14.4 Å². The molecule has 0 saturated heterocycles. The maximum absolute atomic E-state index is 12.1. The fourth-order valence-corrected chi connectivity index (χ4v) is 3.25. The van der Waals surface area contributed by atoms with Crippen molar-refractivity contribution in [3.8, 4) is 0 Å². The zero-order valence-corrected chi connectivity index (χ0v) is 17.9. The Balaban J connectivity index is 1.45. The number of rotatable bonds is 8. The van der Waals surface area contributed by atoms with Gasteiger partial charge in [0.05, 0.1) is 19.2 Å². The Hall–Kier alpha value is -3.61. The molecule has 0 aliphatic rings. The number of amides is 2. The number of benzene rings is 2. The Morgan fingerprint density at radius 3 is 2.55 bits per heavy atom. The molecule has 0 atom stereocenters. The van der Waals surface area contributed by atoms with Crippen LogP contribution < -0.4 is 10.6 Å². The van der Waals surface area contributed by atoms with E-state index >= 15 is 0 Å². The SMILES string of the molecule is CCc1ccccc1NC(=O)CNC(=O)COC(=O)Cc1coc2c(C)c(C)ccc12. The molecule has 31 heavy (non-hydrogen) atoms. The van der Waals surface area contributed by atoms with Crippen LogP contribution in [0.4, 0.5) is 5.69 Å². The summed E-state index contributed by atoms with van der Waals surface area (Å²) in [6.45, 7) is 5.29. The van der Waals surface area contributed by atoms with Gasteiger partial charge in [0, 0.05) is 16.6 Å². The average molecular weight is 422 g/mol. The molecule has 2 amide bonds. The molecule has 0 bridgehead atoms. The van der Waals surface area contributed by atoms with Gasteiger partial charge < -0.3 is 19.8 Å². The highest BCUT2D eigenvalue weighted by molar-refractivity contribution is 5.95. The Labute approximate surface area is 180 Å². The van der Waals surface area contributed by atoms with Gasteiger partial charge in [0.1, 0.15) is 5.58 Å². The molecule has 0 aliphatic carbocycles. The van der Waals surface area contributed by atoms with Crippen LogP contribution in [0.3, 0.4) is 0 Å². The van der Waals surface area contributed by atoms with E-state index in [0.29, 0.717) is 11.3 Å². The fraction of sp³-hybridized carbons (Fsp3) is 0.292. The van der Waals surface area contributed by atoms with Crippen molar-refractivity contribution < 1.29 is 23.5 Å². The zero-order valence-electron chi connectivity index (χ0n) is 17.9. The highest BCUT2D eigenvalue weighted by Gasteiger charge is 2.15. The van der Waals surface area contributed by atoms with Crippen LogP contribution in [-0.2, 0) is 32.0 Å². The molecule has 0 saturated carbocycles. The smallest absolute Gasteiger partial charge is 0.310 e. The molecule has 3 aromatic rings. The van der Waals surface area contributed by atoms with Crippen LogP contribution in [0.5, 0.6) is 0 Å². The Morgan fingerprint density at radius 1 is 1.00 bits per heavy atom. The van der Waals surface area contributed by atoms with Crippen LogP contribution in [0, 0.1) is 13.8 Å². The lowest BCUT2D eigenvalue weighted by Gasteiger charge is -2.10. The highest BCUT2D eigenvalue weighted by Crippen LogP contribution is 2.26. The molecule has 2 N–H and O–H groups in total. The van der Waals surface area contributed by atoms with Crippen molar-refractivity contribution in [2.24, 2.45) is 0 Å². The molecule has 162 valence electrons. The van der Waals surface area contributed by atoms with Gasteiger partial charge in [-0.1, -0.05) is 37.3 Å². The molecule has 0 spiro atoms. The number of hydrogen-bond acceptors (Lipinski definition) is 5. The monoisotopic (exact) mass is 422 g/mol. The van der Waals surface area contributed by atoms with E-state index in [4.69, 9.17) is 9.15 Å². The first-order valence-corrected chi connectivity index (χ1v) is 10.2. The van der Waals surface area contributed by atoms with Crippen LogP contribution in [0.1, 0.15) is 29.2 Å². The van der Waals surface area contributed by atoms with Gasteiger partial charge in [-0.05, 0) is 43.0 Å². The normalized spacial score (nSPS) is 10.7. The Kier molecular flexibility index (Phi) is 7.07. The summed E-state index contributed by atoms with van der Waals surface area (Å²) in [5.41, 5.74) is 5.31. The van der Waals surface area contributed by atoms with Gasteiger partial charge in [-0.25, -0.2) is 0 Å². The number of hydrogen-bond donors (Lipinski definition) is 2. The number of carbonyl (C=O) groups excluding carboxylic acids is 3. The van der Waals surface area contributed by atoms with E-state index < -0.39 is 18.5 Å². The Bertz CT molecular complexity index is 1120. The first-order chi connectivity index (χ1) is 14.9. The number of ether oxygens (including phenoxy) is 1. The zero-order chi connectivity index (χ0) is 22.4. The van der Waals surface area contributed by atoms with Crippen LogP contribution in [-0.4, -0.2) is 30.9 Å². The topological polar surface area (TPSA) is 97.6 Å². The summed E-state index contributed by atoms with van der Waals surface area (Å²) in [6.07, 6.45) is 2.32. The summed E-state index contributed by atoms with van der Waals surface area (Å²) < 4.78 is 10.6. The van der Waals surface area contributed by atoms with E-state index in [1.54, 1.807) is 0 Å². The maximum atomic E-state index is 12.1. The summed E-state index contributed by atoms with van der Waals surface area (Å²) in [6, 6.07) is 11.4. The minimum atomic E-state index is -0.546. The number of esters is 1. The van der Waals surface area contributed by atoms with Crippen LogP contribution in [0.25, 0.3) is 11.0 Å². The predicted octanol–water partition coefficient (Wildman–Crippen LogP) is 3.45. The van der Waals surface area contributed by atoms with Crippen LogP contribution >= 0.6 is 0 Å². The van der Waals surface area contributed by atoms with Gasteiger partial charge in [0.15, 0.2) is 6.61 Å². The molecule has 2 aromatic carbocycles. The first kappa shape index (κ1) is 22.1. The quantitative estimate of drug-likeness (QED) is 0.542. The minimum Gasteiger partial charge on any atom is -0.464 e. The van der Waals surface area contributed by atoms with Crippen molar-refractivity contribution in [3.63, 3.8) is 0 Å². The van der Waals surface area contributed by atoms with Crippen molar-refractivity contribution in [1.82, 2.24) is 5.32 Å². The molecule has 3 rings (SSSR count). The summed E-state index contributed by atoms with van der Waals surface area (Å²) in [5, 5.41) is 6.07. The lowest BCUT2D eigenvalue weighted by Crippen LogP contribution is -2.35. The molecular weight excluding hydrogens is 396 g/mol. The Morgan fingerprint density at radius 2 is 1.77 bits per heavy atom. The average Bonchev–Trinajstić information content (AvgIpc) is 3.17. The van der Waals surface area contributed by atoms with E-state index in [1.165, 1.54) is 6.26 Å². The molecule has 0 aliphatic heterocycles. The molecule has 7 nitrogen and oxygen atoms in total. The minimum absolute atomic E-state index is 0.00291. The largest absolute Gasteiger partial charge is 0.464 e. The molecule has 1 aromatic heterocycles. The van der Waals surface area contributed by atoms with Crippen molar-refractivity contribution in [2.75, 3.05) is 18.5 Å². The van der Waals surface area contributed by atoms with Crippen LogP contribution in [0.15, 0.2) is 47.1 Å². The van der Waals surface area contributed by atoms with Gasteiger partial charge in [-0.15, -0.1) is 0 Å². The first-order valence-electron chi connectivity index (χ1n) is 10.2. The molecule has 0 radical (unpaired) electrons. The molecule has 1 heterocycles. The number of fused-ring (bicyclic) bond motifs is 1. The van der Waals surface area contributed by atoms with Gasteiger partial charge in [0.2, 0.25) is 5.91 Å². The van der Waals surface area contributed by atoms with Gasteiger partial charge in [-0.2, -0.15) is 0 Å². The van der Waals surface area contributed by atoms with E-state index in [2.05, 4.69) is 10.6 Å². The number of aryl methyl sites for hydroxylation is 3. The second kappa shape index (κ2) is 9.93. The van der Waals surface area contributed by atoms with Crippen molar-refractivity contribution in [1.29, 1.82) is 0 Å². The summed E-state index contributed by atoms with van der Waals surface area (Å²) in [7, 11) is 0. The van der Waals surface area contributed by atoms with Crippen molar-refractivity contribution in [2.45, 2.75) is 33.6 Å². The number of anilines is 1. The third kappa shape index (κ3) is 5.51. The third-order valence-electron chi connectivity index (χ3n) is 5.16. The van der Waals surface area contributed by atoms with Crippen molar-refractivity contribution in [3.05, 3.63) is 64.9 Å². The van der Waals surface area contributed by atoms with Crippen molar-refractivity contribution >= 4 is 34.4 Å². The number of carbonyl (C=O) groups is 3. The highest BCUT2D eigenvalue weighted by atomic mass is 16.5. The second-order valence-corrected chi connectivity index (χ2v) is 7.32. The summed E-state index contributed by atoms with van der Waals surface area (Å²) in [5.74, 6) is -1.44. The van der Waals surface area contributed by atoms with Crippen LogP contribution in [0.2, 0.25) is 0 Å². The fourth-order valence-electron chi connectivity index (χ4n) is 3.25. The molecule has 7 heteroatoms. The predicted molar refractivity (Wildman–Crippen MR) is 118 cm³/mol. The summed E-state index contributed by atoms with van der Waals surface area (Å²) >= 11 is 0. The molecule has 0 unspecified atom stereocenters. The van der Waals surface area contributed by atoms with Gasteiger partial charge >= 0.3 is 5.97 Å². The lowest BCUT2D eigenvalue weighted by molar-refractivity contribution is -0.147. The number of nitrogens with one attached hydrogen (secondary N) is 2. The van der Waals surface area contributed by atoms with Gasteiger partial charge in [-0.3, -0.25) is 14.4 Å². The molecule has 0 fully saturated rings. The van der Waals surface area contributed by atoms with E-state index in [0.717, 1.165) is 34.1 Å². The third-order valence-corrected chi connectivity index (χ3v) is 5.16. The van der Waals surface area contributed by atoms with Gasteiger partial charge in [0.25, 0.3) is 5.91 Å². The molecular formula is C24H26N2O5. The second-order valence-electron chi connectivity index (χ2n) is 7.32. The maximum Gasteiger partial charge on any atom is 0.310 e. The standard InChI is InChI=1S/C24H26N2O5/c1-4-17-7-5-6-8-20(17)26-21(27)12-25-22(28)14-30-23(29)11-18-13-31-24-16(3)15(2)9-10-19(18)24/h5-10,13H,4,11-12,14H2,1-3H3,(H,25,28)(H,26,27). The lowest BCUT2D eigenvalue weighted by atomic mass is 10.0. The van der Waals surface area contributed by atoms with E-state index in [1.807, 2.05) is 57.2 Å². The summed E-state index contributed by atoms with van der Waals surface area (Å²) in [4.78, 5) is 36.1.